The Labute approximate surface area is 135 Å². The zero-order valence-corrected chi connectivity index (χ0v) is 14.2. The Morgan fingerprint density at radius 3 is 2.76 bits per heavy atom. The van der Waals surface area contributed by atoms with Crippen molar-refractivity contribution >= 4 is 39.3 Å². The lowest BCUT2D eigenvalue weighted by atomic mass is 10.0. The number of carbonyl (C=O) groups excluding carboxylic acids is 1. The maximum absolute atomic E-state index is 12.4. The summed E-state index contributed by atoms with van der Waals surface area (Å²) >= 11 is 4.95. The van der Waals surface area contributed by atoms with Gasteiger partial charge in [-0.25, -0.2) is 4.79 Å². The highest BCUT2D eigenvalue weighted by atomic mass is 79.9. The number of carboxylic acids is 1. The third-order valence-corrected chi connectivity index (χ3v) is 5.19. The Morgan fingerprint density at radius 2 is 2.19 bits per heavy atom. The molecule has 0 radical (unpaired) electrons. The van der Waals surface area contributed by atoms with Gasteiger partial charge in [-0.3, -0.25) is 4.79 Å². The Balaban J connectivity index is 1.99. The molecule has 1 saturated heterocycles. The number of hydrogen-bond donors (Lipinski definition) is 1. The van der Waals surface area contributed by atoms with E-state index in [2.05, 4.69) is 15.9 Å². The van der Waals surface area contributed by atoms with Crippen LogP contribution in [0.25, 0.3) is 0 Å². The van der Waals surface area contributed by atoms with Crippen LogP contribution in [-0.4, -0.2) is 60.3 Å². The number of aliphatic carboxylic acids is 1. The third kappa shape index (κ3) is 3.75. The number of nitrogens with zero attached hydrogens (tertiary/aromatic N) is 2. The fourth-order valence-corrected chi connectivity index (χ4v) is 3.81. The first kappa shape index (κ1) is 16.3. The zero-order valence-electron chi connectivity index (χ0n) is 11.8. The molecule has 1 aromatic heterocycles. The van der Waals surface area contributed by atoms with E-state index >= 15 is 0 Å². The lowest BCUT2D eigenvalue weighted by Crippen LogP contribution is -2.48. The normalized spacial score (nSPS) is 21.3. The van der Waals surface area contributed by atoms with E-state index in [4.69, 9.17) is 9.84 Å². The number of halogens is 1. The molecule has 0 aromatic carbocycles. The molecule has 1 aromatic rings. The maximum atomic E-state index is 12.4. The highest BCUT2D eigenvalue weighted by Gasteiger charge is 2.39. The minimum absolute atomic E-state index is 0.152. The summed E-state index contributed by atoms with van der Waals surface area (Å²) in [5.41, 5.74) is 0. The summed E-state index contributed by atoms with van der Waals surface area (Å²) < 4.78 is 6.20. The van der Waals surface area contributed by atoms with Crippen molar-refractivity contribution in [2.75, 3.05) is 27.3 Å². The Kier molecular flexibility index (Phi) is 5.23. The first-order valence-electron chi connectivity index (χ1n) is 6.41. The van der Waals surface area contributed by atoms with Gasteiger partial charge in [0.25, 0.3) is 0 Å². The molecule has 1 fully saturated rings. The van der Waals surface area contributed by atoms with Crippen molar-refractivity contribution in [3.63, 3.8) is 0 Å². The topological polar surface area (TPSA) is 70.1 Å². The fraction of sp³-hybridized carbons (Fsp3) is 0.538. The van der Waals surface area contributed by atoms with Crippen LogP contribution in [0.4, 0.5) is 4.79 Å². The molecule has 21 heavy (non-hydrogen) atoms. The molecular weight excluding hydrogens is 360 g/mol. The molecule has 1 N–H and O–H groups in total. The molecule has 0 spiro atoms. The molecular formula is C13H17BrN2O4S. The van der Waals surface area contributed by atoms with E-state index in [1.807, 2.05) is 11.4 Å². The van der Waals surface area contributed by atoms with Gasteiger partial charge in [0.2, 0.25) is 0 Å². The predicted octanol–water partition coefficient (Wildman–Crippen LogP) is 2.09. The average molecular weight is 377 g/mol. The SMILES string of the molecule is CN(Cc1cc(Br)cs1)C(=O)N(C)C1COCC1C(=O)O. The van der Waals surface area contributed by atoms with E-state index in [0.29, 0.717) is 6.54 Å². The number of likely N-dealkylation sites (N-methyl/N-ethyl adjacent to an activating group) is 1. The summed E-state index contributed by atoms with van der Waals surface area (Å²) in [6.45, 7) is 0.904. The molecule has 116 valence electrons. The van der Waals surface area contributed by atoms with E-state index in [1.54, 1.807) is 30.3 Å². The van der Waals surface area contributed by atoms with Gasteiger partial charge in [0.1, 0.15) is 5.92 Å². The molecule has 6 nitrogen and oxygen atoms in total. The number of hydrogen-bond acceptors (Lipinski definition) is 4. The van der Waals surface area contributed by atoms with E-state index < -0.39 is 17.9 Å². The van der Waals surface area contributed by atoms with Crippen LogP contribution in [0.5, 0.6) is 0 Å². The third-order valence-electron chi connectivity index (χ3n) is 3.51. The van der Waals surface area contributed by atoms with Crippen LogP contribution >= 0.6 is 27.3 Å². The number of rotatable bonds is 4. The quantitative estimate of drug-likeness (QED) is 0.873. The smallest absolute Gasteiger partial charge is 0.320 e. The molecule has 1 aliphatic rings. The van der Waals surface area contributed by atoms with Crippen molar-refractivity contribution in [1.82, 2.24) is 9.80 Å². The highest BCUT2D eigenvalue weighted by Crippen LogP contribution is 2.23. The number of thiophene rings is 1. The minimum atomic E-state index is -0.929. The van der Waals surface area contributed by atoms with Crippen LogP contribution in [0.2, 0.25) is 0 Å². The molecule has 2 amide bonds. The largest absolute Gasteiger partial charge is 0.481 e. The minimum Gasteiger partial charge on any atom is -0.481 e. The number of amides is 2. The van der Waals surface area contributed by atoms with Crippen molar-refractivity contribution in [2.24, 2.45) is 5.92 Å². The summed E-state index contributed by atoms with van der Waals surface area (Å²) in [6, 6.07) is 1.33. The van der Waals surface area contributed by atoms with Crippen molar-refractivity contribution in [1.29, 1.82) is 0 Å². The van der Waals surface area contributed by atoms with Gasteiger partial charge in [-0.05, 0) is 22.0 Å². The fourth-order valence-electron chi connectivity index (χ4n) is 2.31. The number of ether oxygens (including phenoxy) is 1. The predicted molar refractivity (Wildman–Crippen MR) is 82.4 cm³/mol. The van der Waals surface area contributed by atoms with E-state index in [1.165, 1.54) is 4.90 Å². The number of carboxylic acid groups (broad SMARTS) is 1. The van der Waals surface area contributed by atoms with Gasteiger partial charge >= 0.3 is 12.0 Å². The van der Waals surface area contributed by atoms with E-state index in [9.17, 15) is 9.59 Å². The lowest BCUT2D eigenvalue weighted by Gasteiger charge is -2.30. The van der Waals surface area contributed by atoms with Crippen LogP contribution < -0.4 is 0 Å². The summed E-state index contributed by atoms with van der Waals surface area (Å²) in [7, 11) is 3.33. The maximum Gasteiger partial charge on any atom is 0.320 e. The summed E-state index contributed by atoms with van der Waals surface area (Å²) in [6.07, 6.45) is 0. The average Bonchev–Trinajstić information content (AvgIpc) is 3.05. The van der Waals surface area contributed by atoms with Crippen LogP contribution in [-0.2, 0) is 16.1 Å². The van der Waals surface area contributed by atoms with Gasteiger partial charge in [-0.2, -0.15) is 0 Å². The summed E-state index contributed by atoms with van der Waals surface area (Å²) in [5, 5.41) is 11.1. The molecule has 2 atom stereocenters. The lowest BCUT2D eigenvalue weighted by molar-refractivity contribution is -0.142. The Bertz CT molecular complexity index is 536. The van der Waals surface area contributed by atoms with Gasteiger partial charge in [-0.1, -0.05) is 0 Å². The second-order valence-electron chi connectivity index (χ2n) is 5.03. The van der Waals surface area contributed by atoms with Crippen LogP contribution in [0.3, 0.4) is 0 Å². The van der Waals surface area contributed by atoms with Crippen LogP contribution in [0, 0.1) is 5.92 Å². The van der Waals surface area contributed by atoms with Crippen molar-refractivity contribution < 1.29 is 19.4 Å². The summed E-state index contributed by atoms with van der Waals surface area (Å²) in [4.78, 5) is 27.7. The van der Waals surface area contributed by atoms with Crippen LogP contribution in [0.15, 0.2) is 15.9 Å². The highest BCUT2D eigenvalue weighted by molar-refractivity contribution is 9.10. The molecule has 0 bridgehead atoms. The second kappa shape index (κ2) is 6.76. The van der Waals surface area contributed by atoms with Gasteiger partial charge in [0.05, 0.1) is 25.8 Å². The van der Waals surface area contributed by atoms with Gasteiger partial charge in [-0.15, -0.1) is 11.3 Å². The Morgan fingerprint density at radius 1 is 1.48 bits per heavy atom. The summed E-state index contributed by atoms with van der Waals surface area (Å²) in [5.74, 6) is -1.59. The van der Waals surface area contributed by atoms with E-state index in [-0.39, 0.29) is 19.2 Å². The monoisotopic (exact) mass is 376 g/mol. The Hall–Kier alpha value is -1.12. The molecule has 0 aliphatic carbocycles. The first-order chi connectivity index (χ1) is 9.90. The molecule has 2 heterocycles. The molecule has 8 heteroatoms. The van der Waals surface area contributed by atoms with Gasteiger partial charge < -0.3 is 19.6 Å². The number of carbonyl (C=O) groups is 2. The zero-order chi connectivity index (χ0) is 15.6. The standard InChI is InChI=1S/C13H17BrN2O4S/c1-15(4-9-3-8(14)7-21-9)13(19)16(2)11-6-20-5-10(11)12(17)18/h3,7,10-11H,4-6H2,1-2H3,(H,17,18). The van der Waals surface area contributed by atoms with Gasteiger partial charge in [0, 0.05) is 28.8 Å². The molecule has 2 rings (SSSR count). The van der Waals surface area contributed by atoms with E-state index in [0.717, 1.165) is 9.35 Å². The van der Waals surface area contributed by atoms with Crippen molar-refractivity contribution in [2.45, 2.75) is 12.6 Å². The molecule has 0 saturated carbocycles. The second-order valence-corrected chi connectivity index (χ2v) is 6.94. The van der Waals surface area contributed by atoms with Gasteiger partial charge in [0.15, 0.2) is 0 Å². The van der Waals surface area contributed by atoms with Crippen LogP contribution in [0.1, 0.15) is 4.88 Å². The number of urea groups is 1. The van der Waals surface area contributed by atoms with Crippen molar-refractivity contribution in [3.8, 4) is 0 Å². The molecule has 1 aliphatic heterocycles. The first-order valence-corrected chi connectivity index (χ1v) is 8.08. The van der Waals surface area contributed by atoms with Crippen molar-refractivity contribution in [3.05, 3.63) is 20.8 Å². The molecule has 2 unspecified atom stereocenters.